The van der Waals surface area contributed by atoms with Crippen LogP contribution in [0, 0.1) is 6.92 Å². The Morgan fingerprint density at radius 1 is 1.33 bits per heavy atom. The van der Waals surface area contributed by atoms with Crippen LogP contribution < -0.4 is 0 Å². The Balaban J connectivity index is 3.04. The van der Waals surface area contributed by atoms with Crippen LogP contribution in [0.25, 0.3) is 5.57 Å². The van der Waals surface area contributed by atoms with Gasteiger partial charge in [0.25, 0.3) is 0 Å². The third kappa shape index (κ3) is 3.12. The van der Waals surface area contributed by atoms with E-state index in [1.807, 2.05) is 19.1 Å². The summed E-state index contributed by atoms with van der Waals surface area (Å²) in [7, 11) is 0. The molecule has 0 N–H and O–H groups in total. The van der Waals surface area contributed by atoms with Crippen LogP contribution in [0.15, 0.2) is 60.9 Å². The van der Waals surface area contributed by atoms with Crippen molar-refractivity contribution in [2.75, 3.05) is 0 Å². The highest BCUT2D eigenvalue weighted by Crippen LogP contribution is 2.19. The highest BCUT2D eigenvalue weighted by Gasteiger charge is 1.98. The zero-order chi connectivity index (χ0) is 11.1. The molecular weight excluding hydrogens is 180 g/mol. The summed E-state index contributed by atoms with van der Waals surface area (Å²) < 4.78 is 0. The van der Waals surface area contributed by atoms with Crippen LogP contribution in [-0.2, 0) is 0 Å². The maximum absolute atomic E-state index is 3.52. The molecule has 76 valence electrons. The predicted molar refractivity (Wildman–Crippen MR) is 67.7 cm³/mol. The molecule has 1 aromatic carbocycles. The van der Waals surface area contributed by atoms with Crippen molar-refractivity contribution in [1.29, 1.82) is 0 Å². The molecule has 0 fully saturated rings. The van der Waals surface area contributed by atoms with E-state index in [4.69, 9.17) is 0 Å². The van der Waals surface area contributed by atoms with Crippen molar-refractivity contribution in [3.63, 3.8) is 0 Å². The van der Waals surface area contributed by atoms with Crippen molar-refractivity contribution >= 4 is 5.57 Å². The first-order chi connectivity index (χ1) is 7.29. The second-order valence-corrected chi connectivity index (χ2v) is 3.29. The minimum absolute atomic E-state index is 1.22. The van der Waals surface area contributed by atoms with Gasteiger partial charge >= 0.3 is 0 Å². The van der Waals surface area contributed by atoms with E-state index in [2.05, 4.69) is 55.7 Å². The highest BCUT2D eigenvalue weighted by molar-refractivity contribution is 5.75. The molecule has 0 nitrogen and oxygen atoms in total. The van der Waals surface area contributed by atoms with Crippen molar-refractivity contribution in [2.24, 2.45) is 0 Å². The monoisotopic (exact) mass is 196 g/mol. The van der Waals surface area contributed by atoms with Crippen molar-refractivity contribution < 1.29 is 0 Å². The fourth-order valence-electron chi connectivity index (χ4n) is 1.46. The predicted octanol–water partition coefficient (Wildman–Crippen LogP) is 4.30. The summed E-state index contributed by atoms with van der Waals surface area (Å²) in [6.07, 6.45) is 7.94. The van der Waals surface area contributed by atoms with E-state index in [-0.39, 0.29) is 0 Å². The van der Waals surface area contributed by atoms with Crippen molar-refractivity contribution in [1.82, 2.24) is 0 Å². The van der Waals surface area contributed by atoms with Crippen molar-refractivity contribution in [3.8, 4) is 0 Å². The smallest absolute Gasteiger partial charge is 0.0158 e. The number of hydrogen-bond donors (Lipinski definition) is 0. The Hall–Kier alpha value is -1.78. The molecule has 0 amide bonds. The summed E-state index contributed by atoms with van der Waals surface area (Å²) in [6, 6.07) is 8.37. The van der Waals surface area contributed by atoms with E-state index in [9.17, 15) is 0 Å². The largest absolute Gasteiger partial charge is 0.129 e. The summed E-state index contributed by atoms with van der Waals surface area (Å²) in [5, 5.41) is 0. The molecule has 0 saturated heterocycles. The van der Waals surface area contributed by atoms with Gasteiger partial charge in [0.1, 0.15) is 0 Å². The summed E-state index contributed by atoms with van der Waals surface area (Å²) in [5.41, 5.74) is 6.51. The summed E-state index contributed by atoms with van der Waals surface area (Å²) in [6.45, 7) is 7.69. The second-order valence-electron chi connectivity index (χ2n) is 3.29. The normalized spacial score (nSPS) is 11.5. The van der Waals surface area contributed by atoms with Gasteiger partial charge in [0.15, 0.2) is 0 Å². The first kappa shape index (κ1) is 11.3. The zero-order valence-electron chi connectivity index (χ0n) is 9.33. The van der Waals surface area contributed by atoms with Crippen LogP contribution >= 0.6 is 0 Å². The van der Waals surface area contributed by atoms with Crippen LogP contribution in [0.3, 0.4) is 0 Å². The van der Waals surface area contributed by atoms with Crippen molar-refractivity contribution in [3.05, 3.63) is 72.0 Å². The quantitative estimate of drug-likeness (QED) is 0.499. The van der Waals surface area contributed by atoms with Crippen LogP contribution in [0.5, 0.6) is 0 Å². The molecule has 0 saturated carbocycles. The molecule has 15 heavy (non-hydrogen) atoms. The SMILES string of the molecule is C=C=C/C=C\C(=C/C)c1ccccc1C. The van der Waals surface area contributed by atoms with Gasteiger partial charge in [-0.2, -0.15) is 0 Å². The summed E-state index contributed by atoms with van der Waals surface area (Å²) >= 11 is 0. The van der Waals surface area contributed by atoms with Gasteiger partial charge in [0.2, 0.25) is 0 Å². The van der Waals surface area contributed by atoms with E-state index in [0.29, 0.717) is 0 Å². The van der Waals surface area contributed by atoms with Gasteiger partial charge in [-0.15, -0.1) is 5.73 Å². The lowest BCUT2D eigenvalue weighted by Gasteiger charge is -2.05. The van der Waals surface area contributed by atoms with Crippen LogP contribution in [0.1, 0.15) is 18.1 Å². The van der Waals surface area contributed by atoms with Gasteiger partial charge in [0.05, 0.1) is 0 Å². The van der Waals surface area contributed by atoms with E-state index in [1.165, 1.54) is 16.7 Å². The number of hydrogen-bond acceptors (Lipinski definition) is 0. The molecule has 0 atom stereocenters. The minimum Gasteiger partial charge on any atom is -0.129 e. The lowest BCUT2D eigenvalue weighted by atomic mass is 10.0. The molecule has 0 radical (unpaired) electrons. The highest BCUT2D eigenvalue weighted by atomic mass is 14.0. The molecule has 0 aromatic heterocycles. The van der Waals surface area contributed by atoms with Gasteiger partial charge in [-0.25, -0.2) is 0 Å². The molecule has 1 aromatic rings. The molecule has 0 bridgehead atoms. The first-order valence-electron chi connectivity index (χ1n) is 5.04. The Morgan fingerprint density at radius 2 is 2.07 bits per heavy atom. The van der Waals surface area contributed by atoms with Crippen LogP contribution in [0.2, 0.25) is 0 Å². The lowest BCUT2D eigenvalue weighted by Crippen LogP contribution is -1.84. The maximum atomic E-state index is 3.52. The molecule has 1 rings (SSSR count). The summed E-state index contributed by atoms with van der Waals surface area (Å²) in [4.78, 5) is 0. The van der Waals surface area contributed by atoms with Gasteiger partial charge in [-0.05, 0) is 36.6 Å². The zero-order valence-corrected chi connectivity index (χ0v) is 9.33. The summed E-state index contributed by atoms with van der Waals surface area (Å²) in [5.74, 6) is 0. The number of rotatable bonds is 3. The van der Waals surface area contributed by atoms with Gasteiger partial charge in [-0.1, -0.05) is 49.1 Å². The number of aryl methyl sites for hydroxylation is 1. The van der Waals surface area contributed by atoms with Gasteiger partial charge < -0.3 is 0 Å². The van der Waals surface area contributed by atoms with Gasteiger partial charge in [0, 0.05) is 0 Å². The molecule has 0 aliphatic heterocycles. The lowest BCUT2D eigenvalue weighted by molar-refractivity contribution is 1.42. The number of benzene rings is 1. The topological polar surface area (TPSA) is 0 Å². The average Bonchev–Trinajstić information content (AvgIpc) is 2.26. The molecule has 0 heteroatoms. The van der Waals surface area contributed by atoms with Crippen LogP contribution in [0.4, 0.5) is 0 Å². The maximum Gasteiger partial charge on any atom is -0.0158 e. The average molecular weight is 196 g/mol. The van der Waals surface area contributed by atoms with Gasteiger partial charge in [-0.3, -0.25) is 0 Å². The molecular formula is C15H16. The Labute approximate surface area is 92.0 Å². The van der Waals surface area contributed by atoms with E-state index in [0.717, 1.165) is 0 Å². The Kier molecular flexibility index (Phi) is 4.40. The Bertz CT molecular complexity index is 427. The Morgan fingerprint density at radius 3 is 2.67 bits per heavy atom. The second kappa shape index (κ2) is 5.85. The van der Waals surface area contributed by atoms with Crippen molar-refractivity contribution in [2.45, 2.75) is 13.8 Å². The fraction of sp³-hybridized carbons (Fsp3) is 0.133. The first-order valence-corrected chi connectivity index (χ1v) is 5.04. The third-order valence-electron chi connectivity index (χ3n) is 2.26. The molecule has 0 spiro atoms. The number of allylic oxidation sites excluding steroid dienone is 5. The molecule has 0 unspecified atom stereocenters. The van der Waals surface area contributed by atoms with E-state index >= 15 is 0 Å². The van der Waals surface area contributed by atoms with Crippen LogP contribution in [-0.4, -0.2) is 0 Å². The fourth-order valence-corrected chi connectivity index (χ4v) is 1.46. The molecule has 0 aliphatic rings. The standard InChI is InChI=1S/C15H16/c1-4-6-7-11-14(5-2)15-12-9-8-10-13(15)3/h5-12H,1H2,2-3H3/b11-7-,14-5+. The molecule has 0 aliphatic carbocycles. The molecule has 0 heterocycles. The minimum atomic E-state index is 1.22. The van der Waals surface area contributed by atoms with E-state index in [1.54, 1.807) is 0 Å². The van der Waals surface area contributed by atoms with E-state index < -0.39 is 0 Å². The third-order valence-corrected chi connectivity index (χ3v) is 2.26.